The van der Waals surface area contributed by atoms with Crippen LogP contribution in [-0.4, -0.2) is 40.9 Å². The number of rotatable bonds is 6. The Morgan fingerprint density at radius 2 is 2.00 bits per heavy atom. The Balaban J connectivity index is 1.60. The molecule has 0 radical (unpaired) electrons. The molecule has 2 amide bonds. The first kappa shape index (κ1) is 21.8. The number of carbonyl (C=O) groups excluding carboxylic acids is 2. The van der Waals surface area contributed by atoms with E-state index in [9.17, 15) is 9.59 Å². The highest BCUT2D eigenvalue weighted by molar-refractivity contribution is 5.93. The molecule has 6 nitrogen and oxygen atoms in total. The van der Waals surface area contributed by atoms with Crippen LogP contribution in [0.5, 0.6) is 5.75 Å². The summed E-state index contributed by atoms with van der Waals surface area (Å²) in [6.07, 6.45) is 2.60. The molecule has 30 heavy (non-hydrogen) atoms. The SMILES string of the molecule is Cc1cccnc1NC(=O)C1CCCN(C(=O)C(C)Oc2cccc(C(C)C)c2)C1. The van der Waals surface area contributed by atoms with Gasteiger partial charge in [-0.3, -0.25) is 9.59 Å². The van der Waals surface area contributed by atoms with Crippen LogP contribution in [0.2, 0.25) is 0 Å². The smallest absolute Gasteiger partial charge is 0.263 e. The van der Waals surface area contributed by atoms with Gasteiger partial charge in [0.25, 0.3) is 5.91 Å². The zero-order valence-corrected chi connectivity index (χ0v) is 18.2. The molecule has 2 aromatic rings. The second-order valence-electron chi connectivity index (χ2n) is 8.27. The average molecular weight is 410 g/mol. The fourth-order valence-corrected chi connectivity index (χ4v) is 3.69. The summed E-state index contributed by atoms with van der Waals surface area (Å²) in [5, 5.41) is 2.91. The van der Waals surface area contributed by atoms with Gasteiger partial charge in [-0.2, -0.15) is 0 Å². The first-order valence-electron chi connectivity index (χ1n) is 10.6. The van der Waals surface area contributed by atoms with Crippen molar-refractivity contribution in [3.63, 3.8) is 0 Å². The number of aromatic nitrogens is 1. The van der Waals surface area contributed by atoms with Gasteiger partial charge in [0.05, 0.1) is 5.92 Å². The molecule has 0 saturated carbocycles. The Hall–Kier alpha value is -2.89. The Labute approximate surface area is 178 Å². The lowest BCUT2D eigenvalue weighted by Crippen LogP contribution is -2.48. The summed E-state index contributed by atoms with van der Waals surface area (Å²) < 4.78 is 5.93. The van der Waals surface area contributed by atoms with Crippen LogP contribution < -0.4 is 10.1 Å². The van der Waals surface area contributed by atoms with Gasteiger partial charge in [-0.1, -0.05) is 32.0 Å². The first-order chi connectivity index (χ1) is 14.3. The van der Waals surface area contributed by atoms with Crippen molar-refractivity contribution in [1.82, 2.24) is 9.88 Å². The van der Waals surface area contributed by atoms with Crippen LogP contribution >= 0.6 is 0 Å². The van der Waals surface area contributed by atoms with Crippen LogP contribution in [0.3, 0.4) is 0 Å². The maximum absolute atomic E-state index is 13.0. The number of benzene rings is 1. The average Bonchev–Trinajstić information content (AvgIpc) is 2.75. The number of pyridine rings is 1. The van der Waals surface area contributed by atoms with E-state index in [-0.39, 0.29) is 17.7 Å². The number of ether oxygens (including phenoxy) is 1. The molecule has 3 rings (SSSR count). The van der Waals surface area contributed by atoms with E-state index in [4.69, 9.17) is 4.74 Å². The molecule has 1 saturated heterocycles. The van der Waals surface area contributed by atoms with Crippen molar-refractivity contribution in [3.05, 3.63) is 53.7 Å². The molecular weight excluding hydrogens is 378 g/mol. The summed E-state index contributed by atoms with van der Waals surface area (Å²) in [5.74, 6) is 1.24. The molecule has 1 aromatic heterocycles. The highest BCUT2D eigenvalue weighted by atomic mass is 16.5. The molecule has 1 aliphatic rings. The lowest BCUT2D eigenvalue weighted by molar-refractivity contribution is -0.140. The number of nitrogens with zero attached hydrogens (tertiary/aromatic N) is 2. The summed E-state index contributed by atoms with van der Waals surface area (Å²) in [6.45, 7) is 8.97. The summed E-state index contributed by atoms with van der Waals surface area (Å²) in [5.41, 5.74) is 2.09. The van der Waals surface area contributed by atoms with E-state index in [0.717, 1.165) is 18.4 Å². The van der Waals surface area contributed by atoms with Crippen molar-refractivity contribution in [1.29, 1.82) is 0 Å². The predicted molar refractivity (Wildman–Crippen MR) is 118 cm³/mol. The fraction of sp³-hybridized carbons (Fsp3) is 0.458. The number of aryl methyl sites for hydroxylation is 1. The third-order valence-corrected chi connectivity index (χ3v) is 5.54. The monoisotopic (exact) mass is 409 g/mol. The van der Waals surface area contributed by atoms with Gasteiger partial charge in [-0.15, -0.1) is 0 Å². The predicted octanol–water partition coefficient (Wildman–Crippen LogP) is 4.16. The molecule has 2 unspecified atom stereocenters. The zero-order chi connectivity index (χ0) is 21.7. The molecule has 2 heterocycles. The third-order valence-electron chi connectivity index (χ3n) is 5.54. The second kappa shape index (κ2) is 9.74. The van der Waals surface area contributed by atoms with E-state index in [1.54, 1.807) is 18.0 Å². The molecule has 160 valence electrons. The highest BCUT2D eigenvalue weighted by Crippen LogP contribution is 2.23. The summed E-state index contributed by atoms with van der Waals surface area (Å²) >= 11 is 0. The van der Waals surface area contributed by atoms with E-state index >= 15 is 0 Å². The Morgan fingerprint density at radius 3 is 2.73 bits per heavy atom. The number of anilines is 1. The number of carbonyl (C=O) groups is 2. The maximum Gasteiger partial charge on any atom is 0.263 e. The molecule has 0 bridgehead atoms. The van der Waals surface area contributed by atoms with Gasteiger partial charge in [0.2, 0.25) is 5.91 Å². The Kier molecular flexibility index (Phi) is 7.08. The number of piperidine rings is 1. The van der Waals surface area contributed by atoms with E-state index in [2.05, 4.69) is 30.2 Å². The minimum Gasteiger partial charge on any atom is -0.481 e. The standard InChI is InChI=1S/C24H31N3O3/c1-16(2)19-9-5-11-21(14-19)30-18(4)24(29)27-13-7-10-20(15-27)23(28)26-22-17(3)8-6-12-25-22/h5-6,8-9,11-12,14,16,18,20H,7,10,13,15H2,1-4H3,(H,25,26,28). The van der Waals surface area contributed by atoms with Crippen LogP contribution in [0.1, 0.15) is 50.7 Å². The van der Waals surface area contributed by atoms with Gasteiger partial charge >= 0.3 is 0 Å². The van der Waals surface area contributed by atoms with E-state index in [0.29, 0.717) is 30.6 Å². The van der Waals surface area contributed by atoms with Crippen molar-refractivity contribution in [2.75, 3.05) is 18.4 Å². The van der Waals surface area contributed by atoms with E-state index < -0.39 is 6.10 Å². The molecule has 2 atom stereocenters. The van der Waals surface area contributed by atoms with Crippen molar-refractivity contribution < 1.29 is 14.3 Å². The lowest BCUT2D eigenvalue weighted by Gasteiger charge is -2.33. The van der Waals surface area contributed by atoms with Gasteiger partial charge in [-0.25, -0.2) is 4.98 Å². The molecule has 0 aliphatic carbocycles. The lowest BCUT2D eigenvalue weighted by atomic mass is 9.96. The number of likely N-dealkylation sites (tertiary alicyclic amines) is 1. The normalized spacial score (nSPS) is 17.5. The van der Waals surface area contributed by atoms with Crippen LogP contribution in [0.25, 0.3) is 0 Å². The molecule has 1 fully saturated rings. The number of nitrogens with one attached hydrogen (secondary N) is 1. The molecule has 0 spiro atoms. The number of hydrogen-bond acceptors (Lipinski definition) is 4. The fourth-order valence-electron chi connectivity index (χ4n) is 3.69. The van der Waals surface area contributed by atoms with Crippen molar-refractivity contribution in [2.45, 2.75) is 52.6 Å². The van der Waals surface area contributed by atoms with Gasteiger partial charge in [0.15, 0.2) is 6.10 Å². The number of amides is 2. The molecular formula is C24H31N3O3. The van der Waals surface area contributed by atoms with Crippen LogP contribution in [0.4, 0.5) is 5.82 Å². The van der Waals surface area contributed by atoms with Crippen LogP contribution in [-0.2, 0) is 9.59 Å². The molecule has 1 aromatic carbocycles. The van der Waals surface area contributed by atoms with Gasteiger partial charge in [0, 0.05) is 19.3 Å². The largest absolute Gasteiger partial charge is 0.481 e. The highest BCUT2D eigenvalue weighted by Gasteiger charge is 2.31. The summed E-state index contributed by atoms with van der Waals surface area (Å²) in [4.78, 5) is 31.7. The zero-order valence-electron chi connectivity index (χ0n) is 18.2. The summed E-state index contributed by atoms with van der Waals surface area (Å²) in [6, 6.07) is 11.6. The molecule has 1 aliphatic heterocycles. The van der Waals surface area contributed by atoms with E-state index in [1.807, 2.05) is 37.3 Å². The number of hydrogen-bond donors (Lipinski definition) is 1. The van der Waals surface area contributed by atoms with Crippen LogP contribution in [0.15, 0.2) is 42.6 Å². The van der Waals surface area contributed by atoms with Gasteiger partial charge in [0.1, 0.15) is 11.6 Å². The quantitative estimate of drug-likeness (QED) is 0.778. The van der Waals surface area contributed by atoms with Gasteiger partial charge in [-0.05, 0) is 61.9 Å². The minimum absolute atomic E-state index is 0.0866. The first-order valence-corrected chi connectivity index (χ1v) is 10.6. The van der Waals surface area contributed by atoms with Gasteiger partial charge < -0.3 is 15.0 Å². The summed E-state index contributed by atoms with van der Waals surface area (Å²) in [7, 11) is 0. The second-order valence-corrected chi connectivity index (χ2v) is 8.27. The van der Waals surface area contributed by atoms with E-state index in [1.165, 1.54) is 5.56 Å². The molecule has 6 heteroatoms. The van der Waals surface area contributed by atoms with Crippen LogP contribution in [0, 0.1) is 12.8 Å². The van der Waals surface area contributed by atoms with Crippen molar-refractivity contribution in [2.24, 2.45) is 5.92 Å². The van der Waals surface area contributed by atoms with Crippen molar-refractivity contribution in [3.8, 4) is 5.75 Å². The Morgan fingerprint density at radius 1 is 1.20 bits per heavy atom. The van der Waals surface area contributed by atoms with Crippen molar-refractivity contribution >= 4 is 17.6 Å². The minimum atomic E-state index is -0.604. The maximum atomic E-state index is 13.0. The third kappa shape index (κ3) is 5.38. The Bertz CT molecular complexity index is 897. The molecule has 1 N–H and O–H groups in total. The topological polar surface area (TPSA) is 71.5 Å².